The first-order valence-corrected chi connectivity index (χ1v) is 9.24. The molecule has 0 radical (unpaired) electrons. The fourth-order valence-corrected chi connectivity index (χ4v) is 3.02. The second-order valence-corrected chi connectivity index (χ2v) is 6.78. The predicted molar refractivity (Wildman–Crippen MR) is 124 cm³/mol. The van der Waals surface area contributed by atoms with Crippen LogP contribution >= 0.6 is 24.0 Å². The van der Waals surface area contributed by atoms with Crippen LogP contribution in [0.5, 0.6) is 0 Å². The van der Waals surface area contributed by atoms with Gasteiger partial charge in [-0.2, -0.15) is 5.10 Å². The maximum absolute atomic E-state index is 11.3. The van der Waals surface area contributed by atoms with E-state index in [1.165, 1.54) is 11.3 Å². The summed E-state index contributed by atoms with van der Waals surface area (Å²) in [7, 11) is 1.97. The largest absolute Gasteiger partial charge is 0.366 e. The minimum Gasteiger partial charge on any atom is -0.366 e. The number of carbonyl (C=O) groups excluding carboxylic acids is 1. The molecule has 1 aromatic carbocycles. The minimum absolute atomic E-state index is 0. The van der Waals surface area contributed by atoms with Crippen molar-refractivity contribution in [1.82, 2.24) is 20.4 Å². The zero-order chi connectivity index (χ0) is 20.0. The van der Waals surface area contributed by atoms with Crippen LogP contribution in [0, 0.1) is 13.8 Å². The van der Waals surface area contributed by atoms with Crippen molar-refractivity contribution in [2.24, 2.45) is 17.8 Å². The van der Waals surface area contributed by atoms with Crippen molar-refractivity contribution in [2.45, 2.75) is 46.7 Å². The lowest BCUT2D eigenvalue weighted by molar-refractivity contribution is 0.1000. The van der Waals surface area contributed by atoms with Crippen LogP contribution in [0.1, 0.15) is 46.7 Å². The second kappa shape index (κ2) is 11.0. The minimum atomic E-state index is -0.429. The Bertz CT molecular complexity index is 830. The molecule has 1 unspecified atom stereocenters. The number of hydrogen-bond donors (Lipinski definition) is 3. The molecule has 28 heavy (non-hydrogen) atoms. The van der Waals surface area contributed by atoms with Crippen molar-refractivity contribution < 1.29 is 4.79 Å². The molecule has 0 saturated carbocycles. The standard InChI is InChI=1S/C20H30N6O.HI/c1-6-22-20(23-12-16-8-7-9-17(11-16)19(21)27)24-13(2)10-18-14(3)25-26(5)15(18)4;/h7-9,11,13H,6,10,12H2,1-5H3,(H2,21,27)(H2,22,23,24);1H. The molecule has 0 spiro atoms. The number of nitrogens with two attached hydrogens (primary N) is 1. The van der Waals surface area contributed by atoms with Crippen molar-refractivity contribution in [3.63, 3.8) is 0 Å². The van der Waals surface area contributed by atoms with Crippen LogP contribution in [0.25, 0.3) is 0 Å². The lowest BCUT2D eigenvalue weighted by Gasteiger charge is -2.18. The van der Waals surface area contributed by atoms with Gasteiger partial charge in [0.15, 0.2) is 5.96 Å². The van der Waals surface area contributed by atoms with Gasteiger partial charge >= 0.3 is 0 Å². The van der Waals surface area contributed by atoms with Crippen molar-refractivity contribution in [1.29, 1.82) is 0 Å². The number of carbonyl (C=O) groups is 1. The van der Waals surface area contributed by atoms with E-state index in [1.807, 2.05) is 37.7 Å². The van der Waals surface area contributed by atoms with Crippen LogP contribution in [0.15, 0.2) is 29.3 Å². The summed E-state index contributed by atoms with van der Waals surface area (Å²) in [4.78, 5) is 16.0. The van der Waals surface area contributed by atoms with Gasteiger partial charge in [-0.3, -0.25) is 9.48 Å². The summed E-state index contributed by atoms with van der Waals surface area (Å²) >= 11 is 0. The summed E-state index contributed by atoms with van der Waals surface area (Å²) in [5.74, 6) is 0.315. The van der Waals surface area contributed by atoms with E-state index in [-0.39, 0.29) is 30.0 Å². The van der Waals surface area contributed by atoms with E-state index in [0.29, 0.717) is 12.1 Å². The van der Waals surface area contributed by atoms with Gasteiger partial charge in [-0.15, -0.1) is 24.0 Å². The highest BCUT2D eigenvalue weighted by atomic mass is 127. The van der Waals surface area contributed by atoms with Crippen LogP contribution in [0.3, 0.4) is 0 Å². The van der Waals surface area contributed by atoms with E-state index in [2.05, 4.69) is 34.6 Å². The van der Waals surface area contributed by atoms with E-state index in [4.69, 9.17) is 5.73 Å². The van der Waals surface area contributed by atoms with E-state index in [9.17, 15) is 4.79 Å². The van der Waals surface area contributed by atoms with E-state index in [1.54, 1.807) is 12.1 Å². The third kappa shape index (κ3) is 6.50. The fraction of sp³-hybridized carbons (Fsp3) is 0.450. The van der Waals surface area contributed by atoms with Gasteiger partial charge in [-0.1, -0.05) is 12.1 Å². The van der Waals surface area contributed by atoms with Crippen LogP contribution in [0.2, 0.25) is 0 Å². The molecule has 1 aromatic heterocycles. The molecule has 2 aromatic rings. The Labute approximate surface area is 184 Å². The Balaban J connectivity index is 0.00000392. The van der Waals surface area contributed by atoms with E-state index in [0.717, 1.165) is 30.2 Å². The molecule has 0 aliphatic carbocycles. The number of nitrogens with zero attached hydrogens (tertiary/aromatic N) is 3. The molecule has 154 valence electrons. The summed E-state index contributed by atoms with van der Waals surface area (Å²) in [5, 5.41) is 11.2. The molecule has 2 rings (SSSR count). The van der Waals surface area contributed by atoms with Gasteiger partial charge in [-0.05, 0) is 57.4 Å². The molecular weight excluding hydrogens is 467 g/mol. The van der Waals surface area contributed by atoms with Gasteiger partial charge in [0.05, 0.1) is 12.2 Å². The van der Waals surface area contributed by atoms with Crippen LogP contribution in [0.4, 0.5) is 0 Å². The van der Waals surface area contributed by atoms with Crippen molar-refractivity contribution in [3.8, 4) is 0 Å². The van der Waals surface area contributed by atoms with E-state index >= 15 is 0 Å². The van der Waals surface area contributed by atoms with Gasteiger partial charge < -0.3 is 16.4 Å². The fourth-order valence-electron chi connectivity index (χ4n) is 3.02. The molecule has 1 atom stereocenters. The van der Waals surface area contributed by atoms with Crippen molar-refractivity contribution >= 4 is 35.8 Å². The summed E-state index contributed by atoms with van der Waals surface area (Å²) in [6.07, 6.45) is 0.868. The number of guanidine groups is 1. The summed E-state index contributed by atoms with van der Waals surface area (Å²) in [6, 6.07) is 7.44. The Morgan fingerprint density at radius 3 is 2.64 bits per heavy atom. The highest BCUT2D eigenvalue weighted by Crippen LogP contribution is 2.14. The number of halogens is 1. The lowest BCUT2D eigenvalue weighted by Crippen LogP contribution is -2.43. The number of aromatic nitrogens is 2. The summed E-state index contributed by atoms with van der Waals surface area (Å²) in [6.45, 7) is 9.53. The lowest BCUT2D eigenvalue weighted by atomic mass is 10.1. The second-order valence-electron chi connectivity index (χ2n) is 6.78. The number of aryl methyl sites for hydroxylation is 2. The molecule has 0 fully saturated rings. The van der Waals surface area contributed by atoms with Gasteiger partial charge in [0.25, 0.3) is 0 Å². The van der Waals surface area contributed by atoms with Gasteiger partial charge in [0, 0.05) is 30.9 Å². The average molecular weight is 498 g/mol. The molecule has 0 aliphatic heterocycles. The van der Waals surface area contributed by atoms with Crippen molar-refractivity contribution in [2.75, 3.05) is 6.54 Å². The van der Waals surface area contributed by atoms with Crippen molar-refractivity contribution in [3.05, 3.63) is 52.3 Å². The number of primary amides is 1. The Kier molecular flexibility index (Phi) is 9.44. The first-order chi connectivity index (χ1) is 12.8. The molecule has 4 N–H and O–H groups in total. The quantitative estimate of drug-likeness (QED) is 0.311. The highest BCUT2D eigenvalue weighted by Gasteiger charge is 2.14. The number of aliphatic imine (C=N–C) groups is 1. The molecule has 0 saturated heterocycles. The van der Waals surface area contributed by atoms with Gasteiger partial charge in [0.1, 0.15) is 0 Å². The number of benzene rings is 1. The number of amides is 1. The average Bonchev–Trinajstić information content (AvgIpc) is 2.86. The first kappa shape index (κ1) is 23.9. The number of hydrogen-bond acceptors (Lipinski definition) is 3. The smallest absolute Gasteiger partial charge is 0.248 e. The molecular formula is C20H31IN6O. The Morgan fingerprint density at radius 1 is 1.36 bits per heavy atom. The highest BCUT2D eigenvalue weighted by molar-refractivity contribution is 14.0. The molecule has 1 heterocycles. The number of nitrogens with one attached hydrogen (secondary N) is 2. The summed E-state index contributed by atoms with van der Waals surface area (Å²) in [5.41, 5.74) is 10.3. The van der Waals surface area contributed by atoms with Gasteiger partial charge in [-0.25, -0.2) is 4.99 Å². The van der Waals surface area contributed by atoms with Crippen LogP contribution in [-0.4, -0.2) is 34.2 Å². The zero-order valence-electron chi connectivity index (χ0n) is 17.2. The number of rotatable bonds is 7. The molecule has 7 nitrogen and oxygen atoms in total. The SMILES string of the molecule is CCNC(=NCc1cccc(C(N)=O)c1)NC(C)Cc1c(C)nn(C)c1C.I. The van der Waals surface area contributed by atoms with Gasteiger partial charge in [0.2, 0.25) is 5.91 Å². The topological polar surface area (TPSA) is 97.3 Å². The molecule has 0 bridgehead atoms. The molecule has 0 aliphatic rings. The predicted octanol–water partition coefficient (Wildman–Crippen LogP) is 2.44. The maximum atomic E-state index is 11.3. The summed E-state index contributed by atoms with van der Waals surface area (Å²) < 4.78 is 1.92. The maximum Gasteiger partial charge on any atom is 0.248 e. The third-order valence-electron chi connectivity index (χ3n) is 4.53. The Morgan fingerprint density at radius 2 is 2.07 bits per heavy atom. The Hall–Kier alpha value is -2.10. The third-order valence-corrected chi connectivity index (χ3v) is 4.53. The van der Waals surface area contributed by atoms with E-state index < -0.39 is 5.91 Å². The first-order valence-electron chi connectivity index (χ1n) is 9.24. The molecule has 8 heteroatoms. The molecule has 1 amide bonds. The monoisotopic (exact) mass is 498 g/mol. The van der Waals surface area contributed by atoms with Crippen LogP contribution in [-0.2, 0) is 20.0 Å². The normalized spacial score (nSPS) is 12.2. The zero-order valence-corrected chi connectivity index (χ0v) is 19.6. The van der Waals surface area contributed by atoms with Crippen LogP contribution < -0.4 is 16.4 Å².